The van der Waals surface area contributed by atoms with Crippen molar-refractivity contribution in [2.24, 2.45) is 5.92 Å². The van der Waals surface area contributed by atoms with Crippen molar-refractivity contribution in [3.8, 4) is 17.0 Å². The van der Waals surface area contributed by atoms with Crippen LogP contribution in [0.25, 0.3) is 22.4 Å². The number of methoxy groups -OCH3 is 1. The zero-order valence-electron chi connectivity index (χ0n) is 16.5. The predicted octanol–water partition coefficient (Wildman–Crippen LogP) is 3.83. The SMILES string of the molecule is COc1cccc(-c2noc3ncnc(NCCCN4CCCC(C)C4)c23)c1. The van der Waals surface area contributed by atoms with Gasteiger partial charge in [-0.1, -0.05) is 24.2 Å². The standard InChI is InChI=1S/C21H27N5O2/c1-15-6-4-10-26(13-15)11-5-9-22-20-18-19(25-28-21(18)24-14-23-20)16-7-3-8-17(12-16)27-2/h3,7-8,12,14-15H,4-6,9-11,13H2,1-2H3,(H,22,23,24). The number of nitrogens with zero attached hydrogens (tertiary/aromatic N) is 4. The van der Waals surface area contributed by atoms with Crippen LogP contribution in [0.3, 0.4) is 0 Å². The van der Waals surface area contributed by atoms with Gasteiger partial charge < -0.3 is 19.5 Å². The number of hydrogen-bond acceptors (Lipinski definition) is 7. The van der Waals surface area contributed by atoms with Crippen LogP contribution in [0.1, 0.15) is 26.2 Å². The first-order valence-corrected chi connectivity index (χ1v) is 9.95. The molecule has 1 saturated heterocycles. The van der Waals surface area contributed by atoms with Crippen LogP contribution in [0, 0.1) is 5.92 Å². The molecule has 0 saturated carbocycles. The maximum atomic E-state index is 5.44. The second-order valence-electron chi connectivity index (χ2n) is 7.49. The minimum absolute atomic E-state index is 0.486. The van der Waals surface area contributed by atoms with Gasteiger partial charge >= 0.3 is 0 Å². The maximum absolute atomic E-state index is 5.44. The number of likely N-dealkylation sites (tertiary alicyclic amines) is 1. The summed E-state index contributed by atoms with van der Waals surface area (Å²) < 4.78 is 10.8. The molecule has 1 aliphatic rings. The summed E-state index contributed by atoms with van der Waals surface area (Å²) in [6.07, 6.45) is 5.25. The lowest BCUT2D eigenvalue weighted by atomic mass is 10.0. The topological polar surface area (TPSA) is 76.3 Å². The molecule has 3 heterocycles. The van der Waals surface area contributed by atoms with E-state index in [1.807, 2.05) is 24.3 Å². The average molecular weight is 381 g/mol. The highest BCUT2D eigenvalue weighted by Crippen LogP contribution is 2.32. The molecule has 1 atom stereocenters. The minimum Gasteiger partial charge on any atom is -0.497 e. The van der Waals surface area contributed by atoms with E-state index in [1.54, 1.807) is 7.11 Å². The molecule has 0 amide bonds. The molecule has 1 aliphatic heterocycles. The largest absolute Gasteiger partial charge is 0.497 e. The lowest BCUT2D eigenvalue weighted by Crippen LogP contribution is -2.35. The van der Waals surface area contributed by atoms with Crippen molar-refractivity contribution in [1.29, 1.82) is 0 Å². The van der Waals surface area contributed by atoms with Gasteiger partial charge in [0.15, 0.2) is 0 Å². The highest BCUT2D eigenvalue weighted by Gasteiger charge is 2.18. The van der Waals surface area contributed by atoms with Crippen LogP contribution in [0.5, 0.6) is 5.75 Å². The Bertz CT molecular complexity index is 926. The summed E-state index contributed by atoms with van der Waals surface area (Å²) in [5.41, 5.74) is 2.13. The van der Waals surface area contributed by atoms with Crippen LogP contribution in [0.4, 0.5) is 5.82 Å². The van der Waals surface area contributed by atoms with Crippen LogP contribution in [-0.2, 0) is 0 Å². The van der Waals surface area contributed by atoms with E-state index in [2.05, 4.69) is 32.3 Å². The molecule has 148 valence electrons. The first kappa shape index (κ1) is 18.7. The van der Waals surface area contributed by atoms with Crippen molar-refractivity contribution in [2.45, 2.75) is 26.2 Å². The summed E-state index contributed by atoms with van der Waals surface area (Å²) in [6.45, 7) is 6.73. The second-order valence-corrected chi connectivity index (χ2v) is 7.49. The number of piperidine rings is 1. The highest BCUT2D eigenvalue weighted by molar-refractivity contribution is 5.97. The number of benzene rings is 1. The van der Waals surface area contributed by atoms with Crippen LogP contribution in [0.15, 0.2) is 35.1 Å². The summed E-state index contributed by atoms with van der Waals surface area (Å²) in [6, 6.07) is 7.76. The molecule has 0 radical (unpaired) electrons. The zero-order chi connectivity index (χ0) is 19.3. The Kier molecular flexibility index (Phi) is 5.71. The molecule has 1 fully saturated rings. The van der Waals surface area contributed by atoms with Gasteiger partial charge in [0.1, 0.15) is 29.0 Å². The quantitative estimate of drug-likeness (QED) is 0.623. The molecule has 28 heavy (non-hydrogen) atoms. The first-order chi connectivity index (χ1) is 13.7. The van der Waals surface area contributed by atoms with Crippen molar-refractivity contribution in [3.63, 3.8) is 0 Å². The van der Waals surface area contributed by atoms with Crippen molar-refractivity contribution < 1.29 is 9.26 Å². The fourth-order valence-electron chi connectivity index (χ4n) is 3.89. The number of aromatic nitrogens is 3. The summed E-state index contributed by atoms with van der Waals surface area (Å²) in [4.78, 5) is 11.2. The predicted molar refractivity (Wildman–Crippen MR) is 110 cm³/mol. The van der Waals surface area contributed by atoms with Crippen LogP contribution in [0.2, 0.25) is 0 Å². The molecule has 0 spiro atoms. The maximum Gasteiger partial charge on any atom is 0.263 e. The summed E-state index contributed by atoms with van der Waals surface area (Å²) >= 11 is 0. The van der Waals surface area contributed by atoms with Crippen molar-refractivity contribution in [3.05, 3.63) is 30.6 Å². The average Bonchev–Trinajstić information content (AvgIpc) is 3.16. The van der Waals surface area contributed by atoms with E-state index in [1.165, 1.54) is 32.3 Å². The number of nitrogens with one attached hydrogen (secondary N) is 1. The van der Waals surface area contributed by atoms with Crippen LogP contribution in [-0.4, -0.2) is 53.3 Å². The van der Waals surface area contributed by atoms with Gasteiger partial charge in [0.05, 0.1) is 7.11 Å². The lowest BCUT2D eigenvalue weighted by molar-refractivity contribution is 0.183. The van der Waals surface area contributed by atoms with Gasteiger partial charge in [0.2, 0.25) is 0 Å². The molecule has 1 N–H and O–H groups in total. The fraction of sp³-hybridized carbons (Fsp3) is 0.476. The van der Waals surface area contributed by atoms with E-state index in [0.29, 0.717) is 5.71 Å². The minimum atomic E-state index is 0.486. The number of hydrogen-bond donors (Lipinski definition) is 1. The van der Waals surface area contributed by atoms with Crippen molar-refractivity contribution >= 4 is 16.9 Å². The molecule has 0 aliphatic carbocycles. The molecule has 1 unspecified atom stereocenters. The Hall–Kier alpha value is -2.67. The van der Waals surface area contributed by atoms with E-state index in [-0.39, 0.29) is 0 Å². The Balaban J connectivity index is 1.47. The second kappa shape index (κ2) is 8.56. The molecule has 3 aromatic rings. The molecule has 7 nitrogen and oxygen atoms in total. The van der Waals surface area contributed by atoms with Gasteiger partial charge in [-0.05, 0) is 50.4 Å². The molecule has 7 heteroatoms. The zero-order valence-corrected chi connectivity index (χ0v) is 16.5. The Morgan fingerprint density at radius 1 is 1.32 bits per heavy atom. The third-order valence-electron chi connectivity index (χ3n) is 5.30. The smallest absolute Gasteiger partial charge is 0.263 e. The first-order valence-electron chi connectivity index (χ1n) is 9.95. The van der Waals surface area contributed by atoms with Crippen molar-refractivity contribution in [1.82, 2.24) is 20.0 Å². The lowest BCUT2D eigenvalue weighted by Gasteiger charge is -2.30. The fourth-order valence-corrected chi connectivity index (χ4v) is 3.89. The molecule has 0 bridgehead atoms. The van der Waals surface area contributed by atoms with E-state index in [9.17, 15) is 0 Å². The van der Waals surface area contributed by atoms with E-state index >= 15 is 0 Å². The molecule has 2 aromatic heterocycles. The van der Waals surface area contributed by atoms with Crippen molar-refractivity contribution in [2.75, 3.05) is 38.6 Å². The Morgan fingerprint density at radius 3 is 3.11 bits per heavy atom. The summed E-state index contributed by atoms with van der Waals surface area (Å²) in [5.74, 6) is 2.34. The van der Waals surface area contributed by atoms with Gasteiger partial charge in [0, 0.05) is 18.7 Å². The highest BCUT2D eigenvalue weighted by atomic mass is 16.5. The molecule has 4 rings (SSSR count). The third-order valence-corrected chi connectivity index (χ3v) is 5.30. The Morgan fingerprint density at radius 2 is 2.25 bits per heavy atom. The van der Waals surface area contributed by atoms with E-state index in [0.717, 1.165) is 53.6 Å². The number of fused-ring (bicyclic) bond motifs is 1. The van der Waals surface area contributed by atoms with E-state index < -0.39 is 0 Å². The van der Waals surface area contributed by atoms with Gasteiger partial charge in [-0.15, -0.1) is 0 Å². The number of rotatable bonds is 7. The van der Waals surface area contributed by atoms with Gasteiger partial charge in [-0.3, -0.25) is 0 Å². The monoisotopic (exact) mass is 381 g/mol. The van der Waals surface area contributed by atoms with Gasteiger partial charge in [0.25, 0.3) is 5.71 Å². The summed E-state index contributed by atoms with van der Waals surface area (Å²) in [5, 5.41) is 8.49. The molecular weight excluding hydrogens is 354 g/mol. The Labute approximate surface area is 165 Å². The van der Waals surface area contributed by atoms with Gasteiger partial charge in [-0.2, -0.15) is 4.98 Å². The van der Waals surface area contributed by atoms with Crippen LogP contribution >= 0.6 is 0 Å². The number of anilines is 1. The normalized spacial score (nSPS) is 17.7. The van der Waals surface area contributed by atoms with Gasteiger partial charge in [-0.25, -0.2) is 4.98 Å². The molecule has 1 aromatic carbocycles. The van der Waals surface area contributed by atoms with E-state index in [4.69, 9.17) is 9.26 Å². The third kappa shape index (κ3) is 4.09. The summed E-state index contributed by atoms with van der Waals surface area (Å²) in [7, 11) is 1.65. The number of ether oxygens (including phenoxy) is 1. The molecular formula is C21H27N5O2. The van der Waals surface area contributed by atoms with Crippen LogP contribution < -0.4 is 10.1 Å².